The van der Waals surface area contributed by atoms with E-state index in [2.05, 4.69) is 31.9 Å². The third-order valence-corrected chi connectivity index (χ3v) is 3.91. The van der Waals surface area contributed by atoms with E-state index in [1.807, 2.05) is 0 Å². The van der Waals surface area contributed by atoms with Crippen molar-refractivity contribution in [1.29, 1.82) is 0 Å². The van der Waals surface area contributed by atoms with E-state index >= 15 is 0 Å². The molecule has 12 heavy (non-hydrogen) atoms. The van der Waals surface area contributed by atoms with Gasteiger partial charge in [-0.05, 0) is 6.42 Å². The maximum atomic E-state index is 10.4. The van der Waals surface area contributed by atoms with Crippen LogP contribution in [0.1, 0.15) is 12.8 Å². The number of carbonyl (C=O) groups is 2. The van der Waals surface area contributed by atoms with Gasteiger partial charge in [0.25, 0.3) is 0 Å². The first-order valence-corrected chi connectivity index (χ1v) is 5.01. The Morgan fingerprint density at radius 2 is 1.75 bits per heavy atom. The standard InChI is InChI=1S/C6H8Br2O4/c7-3(1-2-4(9)10)5(8)6(11)12/h3,5H,1-2H2,(H,9,10)(H,11,12). The summed E-state index contributed by atoms with van der Waals surface area (Å²) in [7, 11) is 0. The topological polar surface area (TPSA) is 74.6 Å². The maximum Gasteiger partial charge on any atom is 0.318 e. The van der Waals surface area contributed by atoms with Crippen molar-refractivity contribution < 1.29 is 19.8 Å². The zero-order chi connectivity index (χ0) is 9.72. The minimum absolute atomic E-state index is 0.0364. The lowest BCUT2D eigenvalue weighted by Gasteiger charge is -2.10. The van der Waals surface area contributed by atoms with Crippen LogP contribution in [-0.2, 0) is 9.59 Å². The fourth-order valence-corrected chi connectivity index (χ4v) is 1.28. The van der Waals surface area contributed by atoms with Gasteiger partial charge in [0, 0.05) is 11.2 Å². The number of rotatable bonds is 5. The Morgan fingerprint density at radius 3 is 2.08 bits per heavy atom. The highest BCUT2D eigenvalue weighted by atomic mass is 79.9. The molecule has 0 aromatic carbocycles. The van der Waals surface area contributed by atoms with Crippen molar-refractivity contribution in [2.75, 3.05) is 0 Å². The summed E-state index contributed by atoms with van der Waals surface area (Å²) in [6.07, 6.45) is 0.253. The first kappa shape index (κ1) is 11.9. The molecule has 0 aromatic heterocycles. The fourth-order valence-electron chi connectivity index (χ4n) is 0.562. The lowest BCUT2D eigenvalue weighted by Crippen LogP contribution is -2.24. The molecule has 0 amide bonds. The molecule has 0 aromatic rings. The summed E-state index contributed by atoms with van der Waals surface area (Å²) in [6.45, 7) is 0. The van der Waals surface area contributed by atoms with Gasteiger partial charge in [0.05, 0.1) is 0 Å². The number of hydrogen-bond donors (Lipinski definition) is 2. The van der Waals surface area contributed by atoms with Crippen LogP contribution in [-0.4, -0.2) is 31.8 Å². The van der Waals surface area contributed by atoms with Gasteiger partial charge in [-0.25, -0.2) is 0 Å². The second kappa shape index (κ2) is 5.53. The van der Waals surface area contributed by atoms with E-state index in [9.17, 15) is 9.59 Å². The Morgan fingerprint density at radius 1 is 1.25 bits per heavy atom. The third-order valence-electron chi connectivity index (χ3n) is 1.19. The maximum absolute atomic E-state index is 10.4. The molecule has 2 N–H and O–H groups in total. The van der Waals surface area contributed by atoms with Gasteiger partial charge in [-0.3, -0.25) is 9.59 Å². The largest absolute Gasteiger partial charge is 0.481 e. The minimum Gasteiger partial charge on any atom is -0.481 e. The summed E-state index contributed by atoms with van der Waals surface area (Å²) in [5, 5.41) is 16.8. The lowest BCUT2D eigenvalue weighted by atomic mass is 10.2. The number of halogens is 2. The first-order valence-electron chi connectivity index (χ1n) is 3.18. The van der Waals surface area contributed by atoms with Crippen molar-refractivity contribution in [3.05, 3.63) is 0 Å². The van der Waals surface area contributed by atoms with Crippen LogP contribution in [0, 0.1) is 0 Å². The summed E-state index contributed by atoms with van der Waals surface area (Å²) in [5.74, 6) is -1.92. The van der Waals surface area contributed by atoms with Crippen LogP contribution in [0.2, 0.25) is 0 Å². The highest BCUT2D eigenvalue weighted by Crippen LogP contribution is 2.19. The second-order valence-corrected chi connectivity index (χ2v) is 4.35. The van der Waals surface area contributed by atoms with Crippen LogP contribution in [0.15, 0.2) is 0 Å². The van der Waals surface area contributed by atoms with Crippen molar-refractivity contribution in [3.63, 3.8) is 0 Å². The Bertz CT molecular complexity index is 182. The van der Waals surface area contributed by atoms with Crippen LogP contribution >= 0.6 is 31.9 Å². The lowest BCUT2D eigenvalue weighted by molar-refractivity contribution is -0.138. The number of carboxylic acids is 2. The second-order valence-electron chi connectivity index (χ2n) is 2.19. The molecule has 0 spiro atoms. The summed E-state index contributed by atoms with van der Waals surface area (Å²) in [4.78, 5) is 19.4. The summed E-state index contributed by atoms with van der Waals surface area (Å²) in [5.41, 5.74) is 0. The summed E-state index contributed by atoms with van der Waals surface area (Å²) >= 11 is 6.00. The van der Waals surface area contributed by atoms with Gasteiger partial charge in [0.15, 0.2) is 0 Å². The number of carboxylic acid groups (broad SMARTS) is 2. The van der Waals surface area contributed by atoms with E-state index in [1.54, 1.807) is 0 Å². The average molecular weight is 304 g/mol. The van der Waals surface area contributed by atoms with Crippen LogP contribution in [0.5, 0.6) is 0 Å². The molecule has 2 unspecified atom stereocenters. The number of hydrogen-bond acceptors (Lipinski definition) is 2. The predicted octanol–water partition coefficient (Wildman–Crippen LogP) is 1.46. The minimum atomic E-state index is -0.998. The average Bonchev–Trinajstić information content (AvgIpc) is 1.98. The van der Waals surface area contributed by atoms with Crippen LogP contribution in [0.4, 0.5) is 0 Å². The van der Waals surface area contributed by atoms with Gasteiger partial charge in [-0.2, -0.15) is 0 Å². The summed E-state index contributed by atoms with van der Waals surface area (Å²) in [6, 6.07) is 0. The highest BCUT2D eigenvalue weighted by molar-refractivity contribution is 9.12. The van der Waals surface area contributed by atoms with Crippen molar-refractivity contribution >= 4 is 43.8 Å². The quantitative estimate of drug-likeness (QED) is 0.754. The zero-order valence-corrected chi connectivity index (χ0v) is 9.21. The third kappa shape index (κ3) is 4.71. The molecule has 70 valence electrons. The van der Waals surface area contributed by atoms with E-state index < -0.39 is 16.8 Å². The molecular weight excluding hydrogens is 296 g/mol. The highest BCUT2D eigenvalue weighted by Gasteiger charge is 2.23. The molecule has 0 aliphatic carbocycles. The first-order chi connectivity index (χ1) is 5.45. The van der Waals surface area contributed by atoms with Gasteiger partial charge < -0.3 is 10.2 Å². The normalized spacial score (nSPS) is 15.2. The SMILES string of the molecule is O=C(O)CCC(Br)C(Br)C(=O)O. The number of alkyl halides is 2. The van der Waals surface area contributed by atoms with Gasteiger partial charge in [0.2, 0.25) is 0 Å². The van der Waals surface area contributed by atoms with Crippen molar-refractivity contribution in [3.8, 4) is 0 Å². The van der Waals surface area contributed by atoms with Gasteiger partial charge in [0.1, 0.15) is 4.83 Å². The van der Waals surface area contributed by atoms with Gasteiger partial charge >= 0.3 is 11.9 Å². The molecule has 0 rings (SSSR count). The molecule has 4 nitrogen and oxygen atoms in total. The van der Waals surface area contributed by atoms with Crippen LogP contribution in [0.25, 0.3) is 0 Å². The Kier molecular flexibility index (Phi) is 5.48. The molecular formula is C6H8Br2O4. The Hall–Kier alpha value is -0.100. The molecule has 6 heteroatoms. The molecule has 0 bridgehead atoms. The van der Waals surface area contributed by atoms with E-state index in [0.717, 1.165) is 0 Å². The number of aliphatic carboxylic acids is 2. The van der Waals surface area contributed by atoms with Crippen LogP contribution < -0.4 is 0 Å². The van der Waals surface area contributed by atoms with Crippen molar-refractivity contribution in [1.82, 2.24) is 0 Å². The molecule has 0 aliphatic rings. The van der Waals surface area contributed by atoms with E-state index in [4.69, 9.17) is 10.2 Å². The van der Waals surface area contributed by atoms with E-state index in [0.29, 0.717) is 0 Å². The molecule has 0 heterocycles. The molecule has 0 saturated carbocycles. The van der Waals surface area contributed by atoms with Gasteiger partial charge in [-0.1, -0.05) is 31.9 Å². The molecule has 0 saturated heterocycles. The Labute approximate surface area is 86.2 Å². The van der Waals surface area contributed by atoms with E-state index in [-0.39, 0.29) is 17.7 Å². The smallest absolute Gasteiger partial charge is 0.318 e. The van der Waals surface area contributed by atoms with Crippen molar-refractivity contribution in [2.45, 2.75) is 22.5 Å². The molecule has 0 aliphatic heterocycles. The molecule has 0 radical (unpaired) electrons. The fraction of sp³-hybridized carbons (Fsp3) is 0.667. The van der Waals surface area contributed by atoms with Crippen LogP contribution in [0.3, 0.4) is 0 Å². The molecule has 2 atom stereocenters. The Balaban J connectivity index is 3.79. The predicted molar refractivity (Wildman–Crippen MR) is 49.9 cm³/mol. The molecule has 0 fully saturated rings. The van der Waals surface area contributed by atoms with Crippen molar-refractivity contribution in [2.24, 2.45) is 0 Å². The zero-order valence-electron chi connectivity index (χ0n) is 6.04. The monoisotopic (exact) mass is 302 g/mol. The van der Waals surface area contributed by atoms with Gasteiger partial charge in [-0.15, -0.1) is 0 Å². The summed E-state index contributed by atoms with van der Waals surface area (Å²) < 4.78 is 0. The van der Waals surface area contributed by atoms with E-state index in [1.165, 1.54) is 0 Å².